The Bertz CT molecular complexity index is 746. The molecule has 0 bridgehead atoms. The van der Waals surface area contributed by atoms with Gasteiger partial charge in [0.1, 0.15) is 0 Å². The molecule has 1 aliphatic rings. The van der Waals surface area contributed by atoms with Crippen molar-refractivity contribution in [3.63, 3.8) is 0 Å². The van der Waals surface area contributed by atoms with Crippen LogP contribution in [0.5, 0.6) is 0 Å². The predicted octanol–water partition coefficient (Wildman–Crippen LogP) is 3.83. The van der Waals surface area contributed by atoms with Crippen molar-refractivity contribution in [1.82, 2.24) is 9.80 Å². The highest BCUT2D eigenvalue weighted by Crippen LogP contribution is 2.34. The minimum absolute atomic E-state index is 0.270. The van der Waals surface area contributed by atoms with E-state index in [0.717, 1.165) is 11.6 Å². The molecule has 2 aromatic carbocycles. The number of nitrogens with zero attached hydrogens (tertiary/aromatic N) is 2. The van der Waals surface area contributed by atoms with Gasteiger partial charge in [0.15, 0.2) is 0 Å². The van der Waals surface area contributed by atoms with Crippen LogP contribution in [0.3, 0.4) is 0 Å². The zero-order valence-electron chi connectivity index (χ0n) is 13.8. The number of carbonyl (C=O) groups is 1. The van der Waals surface area contributed by atoms with Crippen LogP contribution in [-0.4, -0.2) is 42.4 Å². The van der Waals surface area contributed by atoms with Gasteiger partial charge in [0.2, 0.25) is 0 Å². The number of piperazine rings is 1. The quantitative estimate of drug-likeness (QED) is 0.823. The molecule has 1 atom stereocenters. The van der Waals surface area contributed by atoms with E-state index in [1.54, 1.807) is 4.90 Å². The summed E-state index contributed by atoms with van der Waals surface area (Å²) < 4.78 is 39.8. The van der Waals surface area contributed by atoms with Crippen molar-refractivity contribution in [3.05, 3.63) is 71.3 Å². The number of benzene rings is 2. The molecule has 1 aliphatic heterocycles. The number of likely N-dealkylation sites (N-methyl/N-ethyl adjacent to an activating group) is 1. The van der Waals surface area contributed by atoms with Gasteiger partial charge < -0.3 is 9.80 Å². The van der Waals surface area contributed by atoms with Gasteiger partial charge in [-0.25, -0.2) is 0 Å². The van der Waals surface area contributed by atoms with Crippen molar-refractivity contribution in [2.24, 2.45) is 0 Å². The summed E-state index contributed by atoms with van der Waals surface area (Å²) in [6, 6.07) is 14.1. The van der Waals surface area contributed by atoms with Crippen molar-refractivity contribution in [2.75, 3.05) is 26.7 Å². The molecule has 6 heteroatoms. The number of carbonyl (C=O) groups excluding carboxylic acids is 1. The summed E-state index contributed by atoms with van der Waals surface area (Å²) in [7, 11) is 1.95. The highest BCUT2D eigenvalue weighted by atomic mass is 19.4. The first-order chi connectivity index (χ1) is 11.9. The maximum Gasteiger partial charge on any atom is 0.417 e. The third kappa shape index (κ3) is 3.69. The summed E-state index contributed by atoms with van der Waals surface area (Å²) in [6.45, 7) is 1.61. The second kappa shape index (κ2) is 6.88. The van der Waals surface area contributed by atoms with Gasteiger partial charge in [0.25, 0.3) is 5.91 Å². The van der Waals surface area contributed by atoms with E-state index in [4.69, 9.17) is 0 Å². The average molecular weight is 348 g/mol. The average Bonchev–Trinajstić information content (AvgIpc) is 2.61. The summed E-state index contributed by atoms with van der Waals surface area (Å²) in [4.78, 5) is 16.6. The van der Waals surface area contributed by atoms with Crippen molar-refractivity contribution >= 4 is 5.91 Å². The van der Waals surface area contributed by atoms with Gasteiger partial charge in [-0.1, -0.05) is 42.5 Å². The third-order valence-corrected chi connectivity index (χ3v) is 4.49. The molecule has 0 saturated carbocycles. The largest absolute Gasteiger partial charge is 0.417 e. The van der Waals surface area contributed by atoms with Crippen molar-refractivity contribution in [2.45, 2.75) is 12.2 Å². The van der Waals surface area contributed by atoms with Crippen LogP contribution in [0.1, 0.15) is 27.5 Å². The predicted molar refractivity (Wildman–Crippen MR) is 89.2 cm³/mol. The van der Waals surface area contributed by atoms with E-state index in [9.17, 15) is 18.0 Å². The minimum Gasteiger partial charge on any atom is -0.329 e. The first kappa shape index (κ1) is 17.5. The van der Waals surface area contributed by atoms with E-state index < -0.39 is 17.6 Å². The van der Waals surface area contributed by atoms with E-state index >= 15 is 0 Å². The molecule has 0 radical (unpaired) electrons. The normalized spacial score (nSPS) is 19.0. The lowest BCUT2D eigenvalue weighted by Crippen LogP contribution is -2.49. The lowest BCUT2D eigenvalue weighted by molar-refractivity contribution is -0.138. The Labute approximate surface area is 144 Å². The zero-order chi connectivity index (χ0) is 18.0. The topological polar surface area (TPSA) is 23.6 Å². The molecule has 0 aliphatic carbocycles. The fraction of sp³-hybridized carbons (Fsp3) is 0.316. The maximum atomic E-state index is 13.3. The Morgan fingerprint density at radius 1 is 1.00 bits per heavy atom. The smallest absolute Gasteiger partial charge is 0.329 e. The monoisotopic (exact) mass is 348 g/mol. The third-order valence-electron chi connectivity index (χ3n) is 4.49. The molecular weight excluding hydrogens is 329 g/mol. The molecule has 1 amide bonds. The van der Waals surface area contributed by atoms with Crippen LogP contribution in [0, 0.1) is 0 Å². The number of alkyl halides is 3. The summed E-state index contributed by atoms with van der Waals surface area (Å²) in [5.41, 5.74) is -0.252. The van der Waals surface area contributed by atoms with Crippen LogP contribution < -0.4 is 0 Å². The van der Waals surface area contributed by atoms with E-state index in [-0.39, 0.29) is 11.6 Å². The number of amides is 1. The standard InChI is InChI=1S/C19H19F3N2O/c1-23-11-12-24(17(13-23)14-7-3-2-4-8-14)18(25)15-9-5-6-10-16(15)19(20,21)22/h2-10,17H,11-13H2,1H3. The van der Waals surface area contributed by atoms with Gasteiger partial charge in [-0.05, 0) is 24.7 Å². The molecule has 0 N–H and O–H groups in total. The second-order valence-electron chi connectivity index (χ2n) is 6.23. The molecule has 2 aromatic rings. The summed E-state index contributed by atoms with van der Waals surface area (Å²) in [5, 5.41) is 0. The molecule has 25 heavy (non-hydrogen) atoms. The van der Waals surface area contributed by atoms with Gasteiger partial charge in [0, 0.05) is 19.6 Å². The molecule has 0 aromatic heterocycles. The highest BCUT2D eigenvalue weighted by molar-refractivity contribution is 5.96. The van der Waals surface area contributed by atoms with Gasteiger partial charge in [-0.2, -0.15) is 13.2 Å². The fourth-order valence-corrected chi connectivity index (χ4v) is 3.19. The van der Waals surface area contributed by atoms with Gasteiger partial charge >= 0.3 is 6.18 Å². The molecular formula is C19H19F3N2O. The molecule has 3 rings (SSSR count). The lowest BCUT2D eigenvalue weighted by atomic mass is 9.99. The molecule has 1 unspecified atom stereocenters. The number of hydrogen-bond donors (Lipinski definition) is 0. The first-order valence-electron chi connectivity index (χ1n) is 8.08. The first-order valence-corrected chi connectivity index (χ1v) is 8.08. The van der Waals surface area contributed by atoms with E-state index in [1.165, 1.54) is 18.2 Å². The SMILES string of the molecule is CN1CCN(C(=O)c2ccccc2C(F)(F)F)C(c2ccccc2)C1. The number of rotatable bonds is 2. The van der Waals surface area contributed by atoms with Gasteiger partial charge in [0.05, 0.1) is 17.2 Å². The van der Waals surface area contributed by atoms with Crippen molar-refractivity contribution < 1.29 is 18.0 Å². The Morgan fingerprint density at radius 3 is 2.32 bits per heavy atom. The maximum absolute atomic E-state index is 13.3. The van der Waals surface area contributed by atoms with Crippen LogP contribution >= 0.6 is 0 Å². The van der Waals surface area contributed by atoms with Crippen LogP contribution in [0.4, 0.5) is 13.2 Å². The highest BCUT2D eigenvalue weighted by Gasteiger charge is 2.38. The summed E-state index contributed by atoms with van der Waals surface area (Å²) >= 11 is 0. The number of halogens is 3. The Morgan fingerprint density at radius 2 is 1.64 bits per heavy atom. The van der Waals surface area contributed by atoms with Crippen molar-refractivity contribution in [1.29, 1.82) is 0 Å². The van der Waals surface area contributed by atoms with Crippen LogP contribution in [0.15, 0.2) is 54.6 Å². The van der Waals surface area contributed by atoms with Crippen LogP contribution in [0.2, 0.25) is 0 Å². The van der Waals surface area contributed by atoms with Crippen LogP contribution in [-0.2, 0) is 6.18 Å². The van der Waals surface area contributed by atoms with E-state index in [1.807, 2.05) is 37.4 Å². The Balaban J connectivity index is 1.98. The molecule has 1 fully saturated rings. The van der Waals surface area contributed by atoms with E-state index in [0.29, 0.717) is 19.6 Å². The lowest BCUT2D eigenvalue weighted by Gasteiger charge is -2.40. The Hall–Kier alpha value is -2.34. The summed E-state index contributed by atoms with van der Waals surface area (Å²) in [5.74, 6) is -0.574. The van der Waals surface area contributed by atoms with Gasteiger partial charge in [-0.3, -0.25) is 4.79 Å². The minimum atomic E-state index is -4.55. The van der Waals surface area contributed by atoms with Gasteiger partial charge in [-0.15, -0.1) is 0 Å². The summed E-state index contributed by atoms with van der Waals surface area (Å²) in [6.07, 6.45) is -4.55. The molecule has 1 heterocycles. The fourth-order valence-electron chi connectivity index (χ4n) is 3.19. The number of hydrogen-bond acceptors (Lipinski definition) is 2. The molecule has 132 valence electrons. The Kier molecular flexibility index (Phi) is 4.81. The van der Waals surface area contributed by atoms with E-state index in [2.05, 4.69) is 4.90 Å². The molecule has 3 nitrogen and oxygen atoms in total. The van der Waals surface area contributed by atoms with Crippen LogP contribution in [0.25, 0.3) is 0 Å². The van der Waals surface area contributed by atoms with Crippen molar-refractivity contribution in [3.8, 4) is 0 Å². The molecule has 0 spiro atoms. The second-order valence-corrected chi connectivity index (χ2v) is 6.23. The zero-order valence-corrected chi connectivity index (χ0v) is 13.8. The molecule has 1 saturated heterocycles.